The Balaban J connectivity index is 1.94. The van der Waals surface area contributed by atoms with Gasteiger partial charge in [-0.25, -0.2) is 0 Å². The lowest BCUT2D eigenvalue weighted by molar-refractivity contribution is -0.118. The number of ketones is 1. The van der Waals surface area contributed by atoms with Crippen molar-refractivity contribution in [3.63, 3.8) is 0 Å². The molecule has 0 saturated carbocycles. The Kier molecular flexibility index (Phi) is 10.0. The summed E-state index contributed by atoms with van der Waals surface area (Å²) in [7, 11) is 0. The number of Topliss-reactive ketones (excluding diaryl/α,β-unsaturated/α-hetero) is 1. The van der Waals surface area contributed by atoms with Gasteiger partial charge in [-0.15, -0.1) is 0 Å². The van der Waals surface area contributed by atoms with Crippen LogP contribution in [0.2, 0.25) is 0 Å². The molecule has 0 spiro atoms. The highest BCUT2D eigenvalue weighted by Crippen LogP contribution is 2.32. The zero-order chi connectivity index (χ0) is 21.1. The van der Waals surface area contributed by atoms with E-state index in [1.54, 1.807) is 12.1 Å². The quantitative estimate of drug-likeness (QED) is 0.260. The molecule has 0 bridgehead atoms. The van der Waals surface area contributed by atoms with Crippen molar-refractivity contribution in [3.8, 4) is 11.5 Å². The molecule has 3 heteroatoms. The minimum atomic E-state index is -0.116. The zero-order valence-electron chi connectivity index (χ0n) is 18.3. The predicted octanol–water partition coefficient (Wildman–Crippen LogP) is 7.24. The Morgan fingerprint density at radius 2 is 1.21 bits per heavy atom. The van der Waals surface area contributed by atoms with Gasteiger partial charge < -0.3 is 10.2 Å². The molecule has 160 valence electrons. The third-order valence-electron chi connectivity index (χ3n) is 5.75. The Morgan fingerprint density at radius 3 is 1.79 bits per heavy atom. The molecule has 0 saturated heterocycles. The van der Waals surface area contributed by atoms with Gasteiger partial charge in [0.1, 0.15) is 5.78 Å². The van der Waals surface area contributed by atoms with E-state index < -0.39 is 0 Å². The SMILES string of the molecule is CCCCCCCCCCC(=O)Cc1cc2cc(O)c(O)cc2cc1CCCC. The predicted molar refractivity (Wildman–Crippen MR) is 122 cm³/mol. The summed E-state index contributed by atoms with van der Waals surface area (Å²) in [6, 6.07) is 7.28. The van der Waals surface area contributed by atoms with Crippen molar-refractivity contribution >= 4 is 16.6 Å². The van der Waals surface area contributed by atoms with Crippen molar-refractivity contribution in [3.05, 3.63) is 35.4 Å². The second kappa shape index (κ2) is 12.5. The topological polar surface area (TPSA) is 57.5 Å². The molecule has 2 rings (SSSR count). The smallest absolute Gasteiger partial charge is 0.158 e. The molecule has 0 radical (unpaired) electrons. The molecule has 0 heterocycles. The maximum Gasteiger partial charge on any atom is 0.158 e. The number of rotatable bonds is 14. The van der Waals surface area contributed by atoms with Crippen LogP contribution in [0.1, 0.15) is 95.6 Å². The van der Waals surface area contributed by atoms with Crippen LogP contribution in [0, 0.1) is 0 Å². The summed E-state index contributed by atoms with van der Waals surface area (Å²) >= 11 is 0. The van der Waals surface area contributed by atoms with Gasteiger partial charge in [0.25, 0.3) is 0 Å². The van der Waals surface area contributed by atoms with E-state index in [1.807, 2.05) is 6.07 Å². The van der Waals surface area contributed by atoms with E-state index in [0.29, 0.717) is 18.6 Å². The largest absolute Gasteiger partial charge is 0.504 e. The van der Waals surface area contributed by atoms with Crippen LogP contribution in [0.5, 0.6) is 11.5 Å². The molecule has 2 aromatic carbocycles. The van der Waals surface area contributed by atoms with Gasteiger partial charge in [-0.3, -0.25) is 4.79 Å². The standard InChI is InChI=1S/C26H38O3/c1-3-5-7-8-9-10-11-12-14-24(27)17-21-16-23-19-26(29)25(28)18-22(23)15-20(21)13-6-4-2/h15-16,18-19,28-29H,3-14,17H2,1-2H3. The molecule has 0 amide bonds. The van der Waals surface area contributed by atoms with Crippen molar-refractivity contribution in [1.82, 2.24) is 0 Å². The van der Waals surface area contributed by atoms with Crippen LogP contribution in [0.15, 0.2) is 24.3 Å². The molecule has 0 atom stereocenters. The van der Waals surface area contributed by atoms with Gasteiger partial charge >= 0.3 is 0 Å². The molecule has 0 aliphatic heterocycles. The third kappa shape index (κ3) is 7.72. The van der Waals surface area contributed by atoms with E-state index in [-0.39, 0.29) is 11.5 Å². The lowest BCUT2D eigenvalue weighted by Gasteiger charge is -2.12. The number of carbonyl (C=O) groups is 1. The molecule has 3 nitrogen and oxygen atoms in total. The van der Waals surface area contributed by atoms with Gasteiger partial charge in [-0.05, 0) is 53.3 Å². The van der Waals surface area contributed by atoms with Crippen molar-refractivity contribution in [2.24, 2.45) is 0 Å². The summed E-state index contributed by atoms with van der Waals surface area (Å²) in [5, 5.41) is 21.4. The van der Waals surface area contributed by atoms with Crippen molar-refractivity contribution in [1.29, 1.82) is 0 Å². The third-order valence-corrected chi connectivity index (χ3v) is 5.75. The van der Waals surface area contributed by atoms with Crippen molar-refractivity contribution in [2.45, 2.75) is 97.3 Å². The van der Waals surface area contributed by atoms with E-state index in [9.17, 15) is 15.0 Å². The van der Waals surface area contributed by atoms with Gasteiger partial charge in [0.15, 0.2) is 11.5 Å². The number of benzene rings is 2. The number of unbranched alkanes of at least 4 members (excludes halogenated alkanes) is 8. The summed E-state index contributed by atoms with van der Waals surface area (Å²) in [6.45, 7) is 4.40. The molecule has 0 aliphatic carbocycles. The number of fused-ring (bicyclic) bond motifs is 1. The first-order valence-electron chi connectivity index (χ1n) is 11.5. The lowest BCUT2D eigenvalue weighted by Crippen LogP contribution is -2.06. The fraction of sp³-hybridized carbons (Fsp3) is 0.577. The molecule has 0 unspecified atom stereocenters. The Hall–Kier alpha value is -2.03. The minimum absolute atomic E-state index is 0.0996. The molecule has 2 aromatic rings. The molecular formula is C26H38O3. The maximum atomic E-state index is 12.6. The summed E-state index contributed by atoms with van der Waals surface area (Å²) < 4.78 is 0. The summed E-state index contributed by atoms with van der Waals surface area (Å²) in [6.07, 6.45) is 14.2. The molecule has 0 fully saturated rings. The fourth-order valence-electron chi connectivity index (χ4n) is 3.94. The second-order valence-electron chi connectivity index (χ2n) is 8.35. The van der Waals surface area contributed by atoms with E-state index in [1.165, 1.54) is 44.1 Å². The highest BCUT2D eigenvalue weighted by molar-refractivity contribution is 5.89. The zero-order valence-corrected chi connectivity index (χ0v) is 18.3. The van der Waals surface area contributed by atoms with E-state index in [2.05, 4.69) is 19.9 Å². The molecule has 2 N–H and O–H groups in total. The molecule has 0 aliphatic rings. The van der Waals surface area contributed by atoms with Crippen LogP contribution >= 0.6 is 0 Å². The summed E-state index contributed by atoms with van der Waals surface area (Å²) in [5.74, 6) is 0.0866. The Bertz CT molecular complexity index is 779. The number of hydrogen-bond donors (Lipinski definition) is 2. The number of phenolic OH excluding ortho intramolecular Hbond substituents is 2. The van der Waals surface area contributed by atoms with Crippen LogP contribution < -0.4 is 0 Å². The van der Waals surface area contributed by atoms with E-state index in [4.69, 9.17) is 0 Å². The first kappa shape index (κ1) is 23.3. The first-order chi connectivity index (χ1) is 14.0. The molecule has 0 aromatic heterocycles. The van der Waals surface area contributed by atoms with E-state index in [0.717, 1.165) is 48.4 Å². The van der Waals surface area contributed by atoms with Crippen LogP contribution in [0.4, 0.5) is 0 Å². The molecular weight excluding hydrogens is 360 g/mol. The van der Waals surface area contributed by atoms with Gasteiger partial charge in [-0.1, -0.05) is 77.3 Å². The average Bonchev–Trinajstić information content (AvgIpc) is 2.69. The summed E-state index contributed by atoms with van der Waals surface area (Å²) in [5.41, 5.74) is 2.26. The van der Waals surface area contributed by atoms with Gasteiger partial charge in [0.05, 0.1) is 0 Å². The number of aryl methyl sites for hydroxylation is 1. The highest BCUT2D eigenvalue weighted by Gasteiger charge is 2.12. The van der Waals surface area contributed by atoms with Crippen LogP contribution in [-0.4, -0.2) is 16.0 Å². The van der Waals surface area contributed by atoms with Crippen LogP contribution in [0.25, 0.3) is 10.8 Å². The van der Waals surface area contributed by atoms with Gasteiger partial charge in [0.2, 0.25) is 0 Å². The number of hydrogen-bond acceptors (Lipinski definition) is 3. The summed E-state index contributed by atoms with van der Waals surface area (Å²) in [4.78, 5) is 12.6. The van der Waals surface area contributed by atoms with Gasteiger partial charge in [-0.2, -0.15) is 0 Å². The number of phenols is 2. The minimum Gasteiger partial charge on any atom is -0.504 e. The Labute approximate surface area is 176 Å². The van der Waals surface area contributed by atoms with Crippen molar-refractivity contribution in [2.75, 3.05) is 0 Å². The molecule has 29 heavy (non-hydrogen) atoms. The van der Waals surface area contributed by atoms with Crippen LogP contribution in [-0.2, 0) is 17.6 Å². The van der Waals surface area contributed by atoms with Crippen molar-refractivity contribution < 1.29 is 15.0 Å². The maximum absolute atomic E-state index is 12.6. The normalized spacial score (nSPS) is 11.2. The number of aromatic hydroxyl groups is 2. The van der Waals surface area contributed by atoms with Crippen LogP contribution in [0.3, 0.4) is 0 Å². The highest BCUT2D eigenvalue weighted by atomic mass is 16.3. The first-order valence-corrected chi connectivity index (χ1v) is 11.5. The van der Waals surface area contributed by atoms with E-state index >= 15 is 0 Å². The lowest BCUT2D eigenvalue weighted by atomic mass is 9.93. The Morgan fingerprint density at radius 1 is 0.690 bits per heavy atom. The number of carbonyl (C=O) groups excluding carboxylic acids is 1. The monoisotopic (exact) mass is 398 g/mol. The average molecular weight is 399 g/mol. The fourth-order valence-corrected chi connectivity index (χ4v) is 3.94. The van der Waals surface area contributed by atoms with Gasteiger partial charge in [0, 0.05) is 12.8 Å². The second-order valence-corrected chi connectivity index (χ2v) is 8.35.